The summed E-state index contributed by atoms with van der Waals surface area (Å²) in [6.45, 7) is -0.414. The molecule has 4 N–H and O–H groups in total. The number of amides is 1. The van der Waals surface area contributed by atoms with Gasteiger partial charge in [0.1, 0.15) is 0 Å². The number of anilines is 1. The smallest absolute Gasteiger partial charge is 0.401 e. The lowest BCUT2D eigenvalue weighted by molar-refractivity contribution is -0.147. The number of nitrogens with one attached hydrogen (secondary N) is 2. The molecule has 0 fully saturated rings. The molecule has 0 radical (unpaired) electrons. The molecule has 0 unspecified atom stereocenters. The summed E-state index contributed by atoms with van der Waals surface area (Å²) in [4.78, 5) is 17.7. The number of benzene rings is 1. The summed E-state index contributed by atoms with van der Waals surface area (Å²) < 4.78 is 38.0. The van der Waals surface area contributed by atoms with Crippen LogP contribution in [0.3, 0.4) is 0 Å². The van der Waals surface area contributed by atoms with Crippen molar-refractivity contribution in [3.8, 4) is 0 Å². The van der Waals surface area contributed by atoms with Crippen LogP contribution in [0.5, 0.6) is 0 Å². The van der Waals surface area contributed by atoms with Crippen LogP contribution in [-0.2, 0) is 17.8 Å². The monoisotopic (exact) mass is 429 g/mol. The van der Waals surface area contributed by atoms with Crippen LogP contribution in [0.15, 0.2) is 48.9 Å². The van der Waals surface area contributed by atoms with Crippen molar-refractivity contribution in [3.63, 3.8) is 0 Å². The standard InChI is InChI=1S/C22H22F3N5O/c23-22(24,25)14-30-8-6-15-1-3-19(9-17(15)13-30)29-21(31)4-2-16-12-28-7-5-20(16)18(10-26)11-27/h1-5,7,9-12,26H,6,8,13-14,27H2,(H,29,31)/b4-2+,18-11?,26-10?. The van der Waals surface area contributed by atoms with E-state index in [0.717, 1.165) is 17.3 Å². The number of nitrogens with two attached hydrogens (primary N) is 1. The third kappa shape index (κ3) is 6.02. The number of rotatable bonds is 6. The first kappa shape index (κ1) is 22.2. The van der Waals surface area contributed by atoms with E-state index in [1.807, 2.05) is 6.07 Å². The van der Waals surface area contributed by atoms with Gasteiger partial charge in [0.05, 0.1) is 6.54 Å². The molecule has 3 rings (SSSR count). The SMILES string of the molecule is N=CC(=CN)c1ccncc1/C=C/C(=O)Nc1ccc2c(c1)CN(CC(F)(F)F)CC2. The number of carbonyl (C=O) groups is 1. The summed E-state index contributed by atoms with van der Waals surface area (Å²) in [6.07, 6.45) is 4.72. The van der Waals surface area contributed by atoms with Gasteiger partial charge in [-0.15, -0.1) is 0 Å². The molecule has 162 valence electrons. The van der Waals surface area contributed by atoms with Gasteiger partial charge in [-0.2, -0.15) is 13.2 Å². The van der Waals surface area contributed by atoms with E-state index in [1.54, 1.807) is 36.7 Å². The number of nitrogens with zero attached hydrogens (tertiary/aromatic N) is 2. The van der Waals surface area contributed by atoms with Gasteiger partial charge in [0.15, 0.2) is 0 Å². The normalized spacial score (nSPS) is 15.0. The fraction of sp³-hybridized carbons (Fsp3) is 0.227. The summed E-state index contributed by atoms with van der Waals surface area (Å²) in [6, 6.07) is 6.98. The molecule has 2 heterocycles. The van der Waals surface area contributed by atoms with E-state index in [4.69, 9.17) is 11.1 Å². The highest BCUT2D eigenvalue weighted by Crippen LogP contribution is 2.26. The number of hydrogen-bond donors (Lipinski definition) is 3. The van der Waals surface area contributed by atoms with Gasteiger partial charge in [-0.1, -0.05) is 6.07 Å². The zero-order chi connectivity index (χ0) is 22.4. The van der Waals surface area contributed by atoms with Crippen molar-refractivity contribution >= 4 is 29.5 Å². The highest BCUT2D eigenvalue weighted by molar-refractivity contribution is 6.10. The second-order valence-corrected chi connectivity index (χ2v) is 7.11. The second-order valence-electron chi connectivity index (χ2n) is 7.11. The number of aromatic nitrogens is 1. The highest BCUT2D eigenvalue weighted by atomic mass is 19.4. The Morgan fingerprint density at radius 3 is 2.81 bits per heavy atom. The van der Waals surface area contributed by atoms with Crippen LogP contribution in [0.2, 0.25) is 0 Å². The van der Waals surface area contributed by atoms with Gasteiger partial charge >= 0.3 is 6.18 Å². The van der Waals surface area contributed by atoms with Gasteiger partial charge in [0.25, 0.3) is 0 Å². The molecule has 31 heavy (non-hydrogen) atoms. The molecule has 0 aliphatic carbocycles. The Morgan fingerprint density at radius 1 is 1.29 bits per heavy atom. The molecule has 0 spiro atoms. The first-order valence-electron chi connectivity index (χ1n) is 9.56. The lowest BCUT2D eigenvalue weighted by Gasteiger charge is -2.29. The minimum atomic E-state index is -4.24. The molecule has 1 aromatic carbocycles. The van der Waals surface area contributed by atoms with E-state index in [9.17, 15) is 18.0 Å². The first-order valence-corrected chi connectivity index (χ1v) is 9.56. The summed E-state index contributed by atoms with van der Waals surface area (Å²) >= 11 is 0. The minimum absolute atomic E-state index is 0.186. The van der Waals surface area contributed by atoms with Crippen LogP contribution in [0.25, 0.3) is 11.6 Å². The molecular formula is C22H22F3N5O. The second kappa shape index (κ2) is 9.57. The third-order valence-corrected chi connectivity index (χ3v) is 4.88. The Bertz CT molecular complexity index is 1030. The lowest BCUT2D eigenvalue weighted by atomic mass is 9.99. The maximum Gasteiger partial charge on any atom is 0.401 e. The van der Waals surface area contributed by atoms with E-state index in [2.05, 4.69) is 10.3 Å². The predicted molar refractivity (Wildman–Crippen MR) is 114 cm³/mol. The molecule has 1 aromatic heterocycles. The van der Waals surface area contributed by atoms with Crippen LogP contribution in [0.4, 0.5) is 18.9 Å². The minimum Gasteiger partial charge on any atom is -0.404 e. The highest BCUT2D eigenvalue weighted by Gasteiger charge is 2.32. The summed E-state index contributed by atoms with van der Waals surface area (Å²) in [5, 5.41) is 10.2. The van der Waals surface area contributed by atoms with Crippen LogP contribution >= 0.6 is 0 Å². The quantitative estimate of drug-likeness (QED) is 0.483. The molecule has 1 aliphatic heterocycles. The Hall–Kier alpha value is -3.46. The van der Waals surface area contributed by atoms with E-state index in [0.29, 0.717) is 35.4 Å². The number of hydrogen-bond acceptors (Lipinski definition) is 5. The number of alkyl halides is 3. The van der Waals surface area contributed by atoms with E-state index >= 15 is 0 Å². The van der Waals surface area contributed by atoms with Crippen molar-refractivity contribution in [1.82, 2.24) is 9.88 Å². The molecule has 0 saturated carbocycles. The molecule has 0 atom stereocenters. The van der Waals surface area contributed by atoms with Gasteiger partial charge in [-0.25, -0.2) is 0 Å². The topological polar surface area (TPSA) is 95.1 Å². The van der Waals surface area contributed by atoms with Crippen molar-refractivity contribution in [2.45, 2.75) is 19.1 Å². The van der Waals surface area contributed by atoms with Gasteiger partial charge in [0.2, 0.25) is 5.91 Å². The summed E-state index contributed by atoms with van der Waals surface area (Å²) in [5.74, 6) is -0.397. The van der Waals surface area contributed by atoms with Gasteiger partial charge < -0.3 is 16.5 Å². The maximum absolute atomic E-state index is 12.7. The van der Waals surface area contributed by atoms with Crippen molar-refractivity contribution in [2.75, 3.05) is 18.4 Å². The molecule has 0 bridgehead atoms. The van der Waals surface area contributed by atoms with Gasteiger partial charge in [-0.3, -0.25) is 14.7 Å². The average molecular weight is 429 g/mol. The van der Waals surface area contributed by atoms with Crippen molar-refractivity contribution in [2.24, 2.45) is 5.73 Å². The fourth-order valence-corrected chi connectivity index (χ4v) is 3.45. The van der Waals surface area contributed by atoms with Gasteiger partial charge in [-0.05, 0) is 47.4 Å². The predicted octanol–water partition coefficient (Wildman–Crippen LogP) is 3.60. The summed E-state index contributed by atoms with van der Waals surface area (Å²) in [5.41, 5.74) is 9.57. The number of pyridine rings is 1. The molecule has 9 heteroatoms. The molecular weight excluding hydrogens is 407 g/mol. The van der Waals surface area contributed by atoms with Crippen LogP contribution < -0.4 is 11.1 Å². The van der Waals surface area contributed by atoms with E-state index < -0.39 is 18.6 Å². The Labute approximate surface area is 177 Å². The lowest BCUT2D eigenvalue weighted by Crippen LogP contribution is -2.38. The fourth-order valence-electron chi connectivity index (χ4n) is 3.45. The molecule has 6 nitrogen and oxygen atoms in total. The molecule has 2 aromatic rings. The van der Waals surface area contributed by atoms with Crippen molar-refractivity contribution < 1.29 is 18.0 Å². The Kier molecular flexibility index (Phi) is 6.86. The average Bonchev–Trinajstić information content (AvgIpc) is 2.72. The molecule has 1 amide bonds. The summed E-state index contributed by atoms with van der Waals surface area (Å²) in [7, 11) is 0. The largest absolute Gasteiger partial charge is 0.404 e. The van der Waals surface area contributed by atoms with E-state index in [1.165, 1.54) is 17.2 Å². The number of allylic oxidation sites excluding steroid dienone is 1. The van der Waals surface area contributed by atoms with Gasteiger partial charge in [0, 0.05) is 60.8 Å². The first-order chi connectivity index (χ1) is 14.8. The van der Waals surface area contributed by atoms with Crippen LogP contribution in [-0.4, -0.2) is 41.3 Å². The third-order valence-electron chi connectivity index (χ3n) is 4.88. The maximum atomic E-state index is 12.7. The zero-order valence-electron chi connectivity index (χ0n) is 16.6. The van der Waals surface area contributed by atoms with Crippen molar-refractivity contribution in [1.29, 1.82) is 5.41 Å². The number of carbonyl (C=O) groups excluding carboxylic acids is 1. The zero-order valence-corrected chi connectivity index (χ0v) is 16.6. The molecule has 1 aliphatic rings. The van der Waals surface area contributed by atoms with Crippen LogP contribution in [0.1, 0.15) is 22.3 Å². The number of halogens is 3. The Balaban J connectivity index is 1.70. The van der Waals surface area contributed by atoms with Crippen LogP contribution in [0, 0.1) is 5.41 Å². The Morgan fingerprint density at radius 2 is 2.10 bits per heavy atom. The van der Waals surface area contributed by atoms with Crippen molar-refractivity contribution in [3.05, 3.63) is 71.2 Å². The molecule has 0 saturated heterocycles. The number of fused-ring (bicyclic) bond motifs is 1. The van der Waals surface area contributed by atoms with E-state index in [-0.39, 0.29) is 6.54 Å².